The minimum Gasteiger partial charge on any atom is -0.374 e. The Bertz CT molecular complexity index is 575. The van der Waals surface area contributed by atoms with E-state index in [1.165, 1.54) is 6.07 Å². The van der Waals surface area contributed by atoms with Crippen LogP contribution in [0.4, 0.5) is 10.1 Å². The van der Waals surface area contributed by atoms with Crippen LogP contribution in [0.5, 0.6) is 0 Å². The zero-order chi connectivity index (χ0) is 15.8. The average Bonchev–Trinajstić information content (AvgIpc) is 2.55. The molecule has 0 radical (unpaired) electrons. The maximum absolute atomic E-state index is 13.4. The molecule has 0 heterocycles. The fourth-order valence-corrected chi connectivity index (χ4v) is 2.01. The molecule has 2 aromatic rings. The van der Waals surface area contributed by atoms with Gasteiger partial charge in [0.25, 0.3) is 0 Å². The van der Waals surface area contributed by atoms with Crippen LogP contribution in [0, 0.1) is 5.82 Å². The Labute approximate surface area is 131 Å². The first-order valence-corrected chi connectivity index (χ1v) is 7.62. The lowest BCUT2D eigenvalue weighted by Crippen LogP contribution is -2.22. The predicted molar refractivity (Wildman–Crippen MR) is 87.8 cm³/mol. The maximum Gasteiger partial charge on any atom is 0.123 e. The van der Waals surface area contributed by atoms with Crippen molar-refractivity contribution in [2.75, 3.05) is 5.43 Å². The molecule has 118 valence electrons. The number of hydrazine groups is 1. The molecule has 3 nitrogen and oxygen atoms in total. The highest BCUT2D eigenvalue weighted by atomic mass is 19.1. The average molecular weight is 302 g/mol. The van der Waals surface area contributed by atoms with Gasteiger partial charge in [-0.1, -0.05) is 31.2 Å². The van der Waals surface area contributed by atoms with Gasteiger partial charge in [0.15, 0.2) is 0 Å². The van der Waals surface area contributed by atoms with Gasteiger partial charge >= 0.3 is 0 Å². The van der Waals surface area contributed by atoms with E-state index in [4.69, 9.17) is 4.74 Å². The van der Waals surface area contributed by atoms with E-state index in [9.17, 15) is 4.39 Å². The molecule has 0 fully saturated rings. The molecule has 0 saturated carbocycles. The molecule has 0 bridgehead atoms. The number of para-hydroxylation sites is 1. The van der Waals surface area contributed by atoms with E-state index in [0.717, 1.165) is 23.2 Å². The molecule has 2 rings (SSSR count). The fourth-order valence-electron chi connectivity index (χ4n) is 2.01. The second-order valence-corrected chi connectivity index (χ2v) is 5.29. The van der Waals surface area contributed by atoms with Crippen LogP contribution in [0.1, 0.15) is 31.4 Å². The summed E-state index contributed by atoms with van der Waals surface area (Å²) in [5, 5.41) is 0. The summed E-state index contributed by atoms with van der Waals surface area (Å²) in [6, 6.07) is 14.7. The van der Waals surface area contributed by atoms with Gasteiger partial charge in [0.2, 0.25) is 0 Å². The third-order valence-electron chi connectivity index (χ3n) is 3.55. The number of ether oxygens (including phenoxy) is 1. The third-order valence-corrected chi connectivity index (χ3v) is 3.55. The summed E-state index contributed by atoms with van der Waals surface area (Å²) in [5.74, 6) is -0.234. The van der Waals surface area contributed by atoms with E-state index < -0.39 is 0 Å². The molecule has 2 aromatic carbocycles. The molecule has 4 heteroatoms. The molecule has 0 saturated heterocycles. The zero-order valence-electron chi connectivity index (χ0n) is 13.1. The van der Waals surface area contributed by atoms with Crippen molar-refractivity contribution in [3.8, 4) is 0 Å². The molecule has 1 atom stereocenters. The van der Waals surface area contributed by atoms with Crippen molar-refractivity contribution in [3.63, 3.8) is 0 Å². The van der Waals surface area contributed by atoms with Gasteiger partial charge in [-0.15, -0.1) is 0 Å². The van der Waals surface area contributed by atoms with E-state index in [1.54, 1.807) is 12.1 Å². The summed E-state index contributed by atoms with van der Waals surface area (Å²) in [6.45, 7) is 5.11. The summed E-state index contributed by atoms with van der Waals surface area (Å²) in [7, 11) is 0. The summed E-state index contributed by atoms with van der Waals surface area (Å²) >= 11 is 0. The highest BCUT2D eigenvalue weighted by Gasteiger charge is 2.07. The molecule has 0 aromatic heterocycles. The van der Waals surface area contributed by atoms with Crippen LogP contribution in [0.25, 0.3) is 0 Å². The van der Waals surface area contributed by atoms with Crippen molar-refractivity contribution in [3.05, 3.63) is 65.5 Å². The highest BCUT2D eigenvalue weighted by Crippen LogP contribution is 2.14. The molecule has 2 N–H and O–H groups in total. The normalized spacial score (nSPS) is 12.1. The lowest BCUT2D eigenvalue weighted by Gasteiger charge is -2.15. The number of hydrogen-bond acceptors (Lipinski definition) is 3. The molecule has 22 heavy (non-hydrogen) atoms. The Morgan fingerprint density at radius 2 is 1.86 bits per heavy atom. The predicted octanol–water partition coefficient (Wildman–Crippen LogP) is 4.26. The van der Waals surface area contributed by atoms with E-state index in [-0.39, 0.29) is 11.9 Å². The van der Waals surface area contributed by atoms with Gasteiger partial charge in [-0.3, -0.25) is 0 Å². The van der Waals surface area contributed by atoms with Crippen molar-refractivity contribution in [2.24, 2.45) is 0 Å². The molecular formula is C18H23FN2O. The van der Waals surface area contributed by atoms with Crippen molar-refractivity contribution < 1.29 is 9.13 Å². The number of anilines is 1. The number of nitrogens with one attached hydrogen (secondary N) is 2. The topological polar surface area (TPSA) is 33.3 Å². The van der Waals surface area contributed by atoms with E-state index in [1.807, 2.05) is 37.3 Å². The van der Waals surface area contributed by atoms with Gasteiger partial charge in [0.05, 0.1) is 12.7 Å². The number of benzene rings is 2. The SMILES string of the molecule is CCC(C)OCc1cc(F)ccc1CNNc1ccccc1. The zero-order valence-corrected chi connectivity index (χ0v) is 13.1. The summed E-state index contributed by atoms with van der Waals surface area (Å²) in [5.41, 5.74) is 9.16. The number of halogens is 1. The summed E-state index contributed by atoms with van der Waals surface area (Å²) in [6.07, 6.45) is 1.12. The van der Waals surface area contributed by atoms with Gasteiger partial charge in [-0.2, -0.15) is 0 Å². The Balaban J connectivity index is 1.94. The monoisotopic (exact) mass is 302 g/mol. The molecule has 0 spiro atoms. The molecule has 0 aliphatic rings. The van der Waals surface area contributed by atoms with Crippen LogP contribution >= 0.6 is 0 Å². The Morgan fingerprint density at radius 1 is 1.09 bits per heavy atom. The van der Waals surface area contributed by atoms with Gasteiger partial charge < -0.3 is 10.2 Å². The Morgan fingerprint density at radius 3 is 2.59 bits per heavy atom. The first kappa shape index (κ1) is 16.5. The number of hydrogen-bond donors (Lipinski definition) is 2. The van der Waals surface area contributed by atoms with Gasteiger partial charge in [-0.05, 0) is 48.7 Å². The van der Waals surface area contributed by atoms with Crippen LogP contribution in [-0.4, -0.2) is 6.10 Å². The minimum absolute atomic E-state index is 0.173. The second kappa shape index (κ2) is 8.51. The summed E-state index contributed by atoms with van der Waals surface area (Å²) in [4.78, 5) is 0. The van der Waals surface area contributed by atoms with Crippen molar-refractivity contribution in [1.82, 2.24) is 5.43 Å². The van der Waals surface area contributed by atoms with Gasteiger partial charge in [-0.25, -0.2) is 9.82 Å². The Hall–Kier alpha value is -1.91. The fraction of sp³-hybridized carbons (Fsp3) is 0.333. The van der Waals surface area contributed by atoms with Crippen LogP contribution in [-0.2, 0) is 17.9 Å². The van der Waals surface area contributed by atoms with E-state index in [2.05, 4.69) is 17.8 Å². The first-order chi connectivity index (χ1) is 10.7. The molecule has 0 aliphatic heterocycles. The number of rotatable bonds is 8. The summed E-state index contributed by atoms with van der Waals surface area (Å²) < 4.78 is 19.2. The van der Waals surface area contributed by atoms with Crippen LogP contribution in [0.2, 0.25) is 0 Å². The van der Waals surface area contributed by atoms with Crippen LogP contribution in [0.3, 0.4) is 0 Å². The first-order valence-electron chi connectivity index (χ1n) is 7.62. The maximum atomic E-state index is 13.4. The van der Waals surface area contributed by atoms with Gasteiger partial charge in [0, 0.05) is 12.2 Å². The quantitative estimate of drug-likeness (QED) is 0.715. The van der Waals surface area contributed by atoms with Crippen molar-refractivity contribution in [2.45, 2.75) is 39.5 Å². The smallest absolute Gasteiger partial charge is 0.123 e. The molecule has 0 amide bonds. The largest absolute Gasteiger partial charge is 0.374 e. The van der Waals surface area contributed by atoms with Crippen LogP contribution < -0.4 is 10.9 Å². The lowest BCUT2D eigenvalue weighted by atomic mass is 10.1. The molecule has 0 aliphatic carbocycles. The highest BCUT2D eigenvalue weighted by molar-refractivity contribution is 5.41. The molecular weight excluding hydrogens is 279 g/mol. The van der Waals surface area contributed by atoms with Crippen molar-refractivity contribution >= 4 is 5.69 Å². The standard InChI is InChI=1S/C18H23FN2O/c1-3-14(2)22-13-16-11-17(19)10-9-15(16)12-20-21-18-7-5-4-6-8-18/h4-11,14,20-21H,3,12-13H2,1-2H3. The van der Waals surface area contributed by atoms with Crippen molar-refractivity contribution in [1.29, 1.82) is 0 Å². The van der Waals surface area contributed by atoms with Gasteiger partial charge in [0.1, 0.15) is 5.82 Å². The van der Waals surface area contributed by atoms with E-state index >= 15 is 0 Å². The van der Waals surface area contributed by atoms with Crippen LogP contribution in [0.15, 0.2) is 48.5 Å². The second-order valence-electron chi connectivity index (χ2n) is 5.29. The minimum atomic E-state index is -0.234. The molecule has 1 unspecified atom stereocenters. The Kier molecular flexibility index (Phi) is 6.37. The third kappa shape index (κ3) is 5.13. The lowest BCUT2D eigenvalue weighted by molar-refractivity contribution is 0.0503. The van der Waals surface area contributed by atoms with E-state index in [0.29, 0.717) is 13.2 Å².